The maximum Gasteiger partial charge on any atom is 0.0133 e. The van der Waals surface area contributed by atoms with Crippen LogP contribution in [0.25, 0.3) is 0 Å². The van der Waals surface area contributed by atoms with Crippen molar-refractivity contribution < 1.29 is 0 Å². The minimum Gasteiger partial charge on any atom is -0.103 e. The van der Waals surface area contributed by atoms with Crippen molar-refractivity contribution >= 4 is 22.6 Å². The number of benzene rings is 1. The molecule has 0 saturated carbocycles. The molecule has 0 N–H and O–H groups in total. The van der Waals surface area contributed by atoms with Gasteiger partial charge in [-0.1, -0.05) is 45.8 Å². The Morgan fingerprint density at radius 1 is 1.39 bits per heavy atom. The first-order valence-electron chi connectivity index (χ1n) is 6.94. The third kappa shape index (κ3) is 2.26. The van der Waals surface area contributed by atoms with Crippen molar-refractivity contribution in [1.29, 1.82) is 0 Å². The van der Waals surface area contributed by atoms with Crippen molar-refractivity contribution in [2.24, 2.45) is 5.92 Å². The molecule has 0 aromatic heterocycles. The van der Waals surface area contributed by atoms with Gasteiger partial charge in [-0.15, -0.1) is 6.58 Å². The lowest BCUT2D eigenvalue weighted by Crippen LogP contribution is -2.24. The first-order valence-corrected chi connectivity index (χ1v) is 8.02. The van der Waals surface area contributed by atoms with Crippen LogP contribution in [0.1, 0.15) is 57.1 Å². The fourth-order valence-electron chi connectivity index (χ4n) is 3.50. The minimum atomic E-state index is 0.233. The zero-order valence-electron chi connectivity index (χ0n) is 11.7. The van der Waals surface area contributed by atoms with Gasteiger partial charge in [0.2, 0.25) is 0 Å². The van der Waals surface area contributed by atoms with Crippen LogP contribution in [0.2, 0.25) is 0 Å². The molecule has 2 rings (SSSR count). The molecule has 2 atom stereocenters. The second-order valence-corrected chi connectivity index (χ2v) is 7.21. The first-order chi connectivity index (χ1) is 8.52. The van der Waals surface area contributed by atoms with Crippen LogP contribution in [0.4, 0.5) is 0 Å². The average molecular weight is 354 g/mol. The molecule has 0 radical (unpaired) electrons. The molecule has 0 bridgehead atoms. The Hall–Kier alpha value is -0.310. The van der Waals surface area contributed by atoms with E-state index in [0.29, 0.717) is 11.8 Å². The lowest BCUT2D eigenvalue weighted by Gasteiger charge is -2.29. The van der Waals surface area contributed by atoms with Crippen molar-refractivity contribution in [2.75, 3.05) is 0 Å². The molecule has 98 valence electrons. The van der Waals surface area contributed by atoms with E-state index >= 15 is 0 Å². The van der Waals surface area contributed by atoms with Gasteiger partial charge in [0.1, 0.15) is 0 Å². The average Bonchev–Trinajstić information content (AvgIpc) is 2.54. The van der Waals surface area contributed by atoms with Crippen molar-refractivity contribution in [2.45, 2.75) is 51.4 Å². The van der Waals surface area contributed by atoms with Crippen LogP contribution in [0.3, 0.4) is 0 Å². The van der Waals surface area contributed by atoms with Crippen molar-refractivity contribution in [3.8, 4) is 0 Å². The molecular formula is C17H23I. The number of fused-ring (bicyclic) bond motifs is 1. The van der Waals surface area contributed by atoms with Crippen molar-refractivity contribution in [3.05, 3.63) is 45.6 Å². The Morgan fingerprint density at radius 3 is 2.72 bits per heavy atom. The number of hydrogen-bond acceptors (Lipinski definition) is 0. The SMILES string of the molecule is C=CC1C(CCCC)c2ccc(I)cc2C1(C)C. The monoisotopic (exact) mass is 354 g/mol. The highest BCUT2D eigenvalue weighted by molar-refractivity contribution is 14.1. The quantitative estimate of drug-likeness (QED) is 0.484. The van der Waals surface area contributed by atoms with E-state index in [-0.39, 0.29) is 5.41 Å². The van der Waals surface area contributed by atoms with Gasteiger partial charge in [0.05, 0.1) is 0 Å². The van der Waals surface area contributed by atoms with Gasteiger partial charge in [0.15, 0.2) is 0 Å². The summed E-state index contributed by atoms with van der Waals surface area (Å²) in [6, 6.07) is 6.97. The molecule has 1 aromatic carbocycles. The molecule has 0 saturated heterocycles. The maximum atomic E-state index is 4.10. The third-order valence-corrected chi connectivity index (χ3v) is 5.17. The molecule has 0 heterocycles. The predicted molar refractivity (Wildman–Crippen MR) is 88.1 cm³/mol. The highest BCUT2D eigenvalue weighted by Gasteiger charge is 2.43. The Morgan fingerprint density at radius 2 is 2.11 bits per heavy atom. The molecule has 0 spiro atoms. The summed E-state index contributed by atoms with van der Waals surface area (Å²) in [5, 5.41) is 0. The lowest BCUT2D eigenvalue weighted by molar-refractivity contribution is 0.353. The fraction of sp³-hybridized carbons (Fsp3) is 0.529. The Balaban J connectivity index is 2.46. The Kier molecular flexibility index (Phi) is 4.20. The van der Waals surface area contributed by atoms with Gasteiger partial charge >= 0.3 is 0 Å². The largest absolute Gasteiger partial charge is 0.103 e. The summed E-state index contributed by atoms with van der Waals surface area (Å²) in [6.07, 6.45) is 6.08. The van der Waals surface area contributed by atoms with E-state index in [9.17, 15) is 0 Å². The predicted octanol–water partition coefficient (Wildman–Crippen LogP) is 5.66. The van der Waals surface area contributed by atoms with Crippen LogP contribution >= 0.6 is 22.6 Å². The second kappa shape index (κ2) is 5.36. The van der Waals surface area contributed by atoms with E-state index in [1.165, 1.54) is 22.8 Å². The summed E-state index contributed by atoms with van der Waals surface area (Å²) in [4.78, 5) is 0. The number of allylic oxidation sites excluding steroid dienone is 1. The molecule has 1 aliphatic rings. The van der Waals surface area contributed by atoms with Gasteiger partial charge < -0.3 is 0 Å². The molecule has 0 aliphatic heterocycles. The molecule has 1 aromatic rings. The lowest BCUT2D eigenvalue weighted by atomic mass is 9.75. The summed E-state index contributed by atoms with van der Waals surface area (Å²) in [5.74, 6) is 1.25. The van der Waals surface area contributed by atoms with Gasteiger partial charge in [0.25, 0.3) is 0 Å². The summed E-state index contributed by atoms with van der Waals surface area (Å²) in [6.45, 7) is 11.1. The van der Waals surface area contributed by atoms with E-state index in [0.717, 1.165) is 0 Å². The Labute approximate surface area is 125 Å². The molecular weight excluding hydrogens is 331 g/mol. The summed E-state index contributed by atoms with van der Waals surface area (Å²) < 4.78 is 1.35. The van der Waals surface area contributed by atoms with Crippen molar-refractivity contribution in [1.82, 2.24) is 0 Å². The van der Waals surface area contributed by atoms with E-state index in [1.54, 1.807) is 11.1 Å². The van der Waals surface area contributed by atoms with E-state index in [4.69, 9.17) is 0 Å². The highest BCUT2D eigenvalue weighted by Crippen LogP contribution is 2.52. The zero-order chi connectivity index (χ0) is 13.3. The molecule has 18 heavy (non-hydrogen) atoms. The smallest absolute Gasteiger partial charge is 0.0133 e. The molecule has 0 amide bonds. The zero-order valence-corrected chi connectivity index (χ0v) is 13.8. The van der Waals surface area contributed by atoms with Gasteiger partial charge in [0, 0.05) is 3.57 Å². The maximum absolute atomic E-state index is 4.10. The summed E-state index contributed by atoms with van der Waals surface area (Å²) in [7, 11) is 0. The van der Waals surface area contributed by atoms with Gasteiger partial charge in [-0.25, -0.2) is 0 Å². The van der Waals surface area contributed by atoms with Gasteiger partial charge in [-0.05, 0) is 69.5 Å². The molecule has 2 unspecified atom stereocenters. The number of rotatable bonds is 4. The van der Waals surface area contributed by atoms with Crippen molar-refractivity contribution in [3.63, 3.8) is 0 Å². The van der Waals surface area contributed by atoms with Crippen LogP contribution in [-0.4, -0.2) is 0 Å². The fourth-order valence-corrected chi connectivity index (χ4v) is 4.00. The molecule has 0 fully saturated rings. The standard InChI is InChI=1S/C17H23I/c1-5-7-8-13-14-10-9-12(18)11-16(14)17(3,4)15(13)6-2/h6,9-11,13,15H,2,5,7-8H2,1,3-4H3. The number of unbranched alkanes of at least 4 members (excludes halogenated alkanes) is 1. The normalized spacial score (nSPS) is 24.9. The van der Waals surface area contributed by atoms with Crippen LogP contribution in [0, 0.1) is 9.49 Å². The summed E-state index contributed by atoms with van der Waals surface area (Å²) in [5.41, 5.74) is 3.34. The molecule has 1 aliphatic carbocycles. The van der Waals surface area contributed by atoms with E-state index < -0.39 is 0 Å². The van der Waals surface area contributed by atoms with E-state index in [1.807, 2.05) is 0 Å². The van der Waals surface area contributed by atoms with Crippen LogP contribution in [0.5, 0.6) is 0 Å². The van der Waals surface area contributed by atoms with E-state index in [2.05, 4.69) is 74.2 Å². The van der Waals surface area contributed by atoms with Crippen LogP contribution in [0.15, 0.2) is 30.9 Å². The second-order valence-electron chi connectivity index (χ2n) is 5.96. The highest BCUT2D eigenvalue weighted by atomic mass is 127. The third-order valence-electron chi connectivity index (χ3n) is 4.50. The number of halogens is 1. The minimum absolute atomic E-state index is 0.233. The van der Waals surface area contributed by atoms with Crippen LogP contribution in [-0.2, 0) is 5.41 Å². The van der Waals surface area contributed by atoms with Gasteiger partial charge in [-0.2, -0.15) is 0 Å². The topological polar surface area (TPSA) is 0 Å². The number of hydrogen-bond donors (Lipinski definition) is 0. The van der Waals surface area contributed by atoms with Crippen LogP contribution < -0.4 is 0 Å². The van der Waals surface area contributed by atoms with Gasteiger partial charge in [-0.3, -0.25) is 0 Å². The molecule has 1 heteroatoms. The first kappa shape index (κ1) is 14.1. The Bertz CT molecular complexity index is 445. The molecule has 0 nitrogen and oxygen atoms in total. The summed E-state index contributed by atoms with van der Waals surface area (Å²) >= 11 is 2.42.